The first-order chi connectivity index (χ1) is 18.5. The van der Waals surface area contributed by atoms with Gasteiger partial charge in [-0.1, -0.05) is 43.4 Å². The summed E-state index contributed by atoms with van der Waals surface area (Å²) in [5.74, 6) is 0.560. The summed E-state index contributed by atoms with van der Waals surface area (Å²) < 4.78 is 13.3. The van der Waals surface area contributed by atoms with E-state index in [2.05, 4.69) is 54.1 Å². The largest absolute Gasteiger partial charge is 0.497 e. The van der Waals surface area contributed by atoms with Gasteiger partial charge in [0.05, 0.1) is 46.0 Å². The van der Waals surface area contributed by atoms with Crippen LogP contribution in [0.1, 0.15) is 37.3 Å². The molecule has 0 aliphatic carbocycles. The number of aryl methyl sites for hydroxylation is 1. The van der Waals surface area contributed by atoms with Crippen molar-refractivity contribution in [2.24, 2.45) is 5.92 Å². The predicted molar refractivity (Wildman–Crippen MR) is 158 cm³/mol. The van der Waals surface area contributed by atoms with Gasteiger partial charge in [0.2, 0.25) is 5.91 Å². The zero-order valence-electron chi connectivity index (χ0n) is 23.7. The molecule has 2 amide bonds. The molecule has 2 aromatic carbocycles. The first kappa shape index (κ1) is 28.3. The van der Waals surface area contributed by atoms with Gasteiger partial charge in [0.15, 0.2) is 5.60 Å². The Hall–Kier alpha value is -2.20. The highest BCUT2D eigenvalue weighted by atomic mass is 79.9. The van der Waals surface area contributed by atoms with Crippen LogP contribution in [-0.4, -0.2) is 69.3 Å². The number of carbonyl (C=O) groups is 2. The van der Waals surface area contributed by atoms with Gasteiger partial charge in [-0.25, -0.2) is 0 Å². The van der Waals surface area contributed by atoms with E-state index in [4.69, 9.17) is 9.47 Å². The Morgan fingerprint density at radius 3 is 2.59 bits per heavy atom. The maximum atomic E-state index is 14.2. The number of methoxy groups -OCH3 is 1. The number of amides is 2. The number of aliphatic hydroxyl groups is 1. The van der Waals surface area contributed by atoms with Crippen LogP contribution in [0, 0.1) is 12.8 Å². The Kier molecular flexibility index (Phi) is 7.50. The summed E-state index contributed by atoms with van der Waals surface area (Å²) in [5, 5.41) is 11.1. The van der Waals surface area contributed by atoms with E-state index in [0.717, 1.165) is 39.9 Å². The summed E-state index contributed by atoms with van der Waals surface area (Å²) in [6, 6.07) is 12.2. The third kappa shape index (κ3) is 4.36. The highest BCUT2D eigenvalue weighted by Gasteiger charge is 2.66. The molecule has 1 N–H and O–H groups in total. The van der Waals surface area contributed by atoms with Crippen LogP contribution in [0.5, 0.6) is 5.75 Å². The van der Waals surface area contributed by atoms with Crippen molar-refractivity contribution in [2.45, 2.75) is 69.5 Å². The minimum atomic E-state index is -2.32. The van der Waals surface area contributed by atoms with Gasteiger partial charge in [-0.2, -0.15) is 0 Å². The minimum Gasteiger partial charge on any atom is -0.497 e. The molecule has 0 unspecified atom stereocenters. The Bertz CT molecular complexity index is 1280. The number of nitrogens with zero attached hydrogens (tertiary/aromatic N) is 2. The average Bonchev–Trinajstić information content (AvgIpc) is 3.55. The number of halogens is 1. The average molecular weight is 616 g/mol. The second kappa shape index (κ2) is 10.3. The fraction of sp³-hybridized carbons (Fsp3) is 0.533. The van der Waals surface area contributed by atoms with Gasteiger partial charge in [-0.05, 0) is 65.0 Å². The molecule has 5 rings (SSSR count). The zero-order valence-corrected chi connectivity index (χ0v) is 26.2. The Morgan fingerprint density at radius 1 is 1.26 bits per heavy atom. The minimum absolute atomic E-state index is 0.00484. The number of aliphatic hydroxyl groups excluding tert-OH is 1. The van der Waals surface area contributed by atoms with Crippen molar-refractivity contribution in [3.8, 4) is 5.75 Å². The topological polar surface area (TPSA) is 79.3 Å². The van der Waals surface area contributed by atoms with E-state index in [-0.39, 0.29) is 42.3 Å². The molecule has 2 saturated heterocycles. The van der Waals surface area contributed by atoms with Crippen LogP contribution in [0.4, 0.5) is 5.69 Å². The molecule has 0 radical (unpaired) electrons. The normalized spacial score (nSPS) is 28.5. The molecular weight excluding hydrogens is 576 g/mol. The van der Waals surface area contributed by atoms with Crippen LogP contribution in [0.25, 0.3) is 0 Å². The lowest BCUT2D eigenvalue weighted by Gasteiger charge is -2.37. The van der Waals surface area contributed by atoms with E-state index >= 15 is 0 Å². The van der Waals surface area contributed by atoms with Gasteiger partial charge < -0.3 is 24.4 Å². The van der Waals surface area contributed by atoms with Gasteiger partial charge >= 0.3 is 0 Å². The first-order valence-corrected chi connectivity index (χ1v) is 17.7. The molecule has 3 heterocycles. The van der Waals surface area contributed by atoms with E-state index in [1.807, 2.05) is 37.1 Å². The third-order valence-corrected chi connectivity index (χ3v) is 14.4. The quantitative estimate of drug-likeness (QED) is 0.490. The molecule has 2 aromatic rings. The van der Waals surface area contributed by atoms with Crippen molar-refractivity contribution in [3.63, 3.8) is 0 Å². The summed E-state index contributed by atoms with van der Waals surface area (Å²) in [6.45, 7) is 9.42. The smallest absolute Gasteiger partial charge is 0.264 e. The third-order valence-electron chi connectivity index (χ3n) is 9.43. The Morgan fingerprint density at radius 2 is 1.95 bits per heavy atom. The van der Waals surface area contributed by atoms with Crippen LogP contribution >= 0.6 is 15.9 Å². The zero-order chi connectivity index (χ0) is 28.3. The number of hydrogen-bond donors (Lipinski definition) is 1. The van der Waals surface area contributed by atoms with E-state index in [1.54, 1.807) is 12.0 Å². The molecule has 9 heteroatoms. The van der Waals surface area contributed by atoms with Gasteiger partial charge in [0.25, 0.3) is 5.91 Å². The van der Waals surface area contributed by atoms with Crippen LogP contribution in [-0.2, 0) is 19.9 Å². The standard InChI is InChI=1S/C30H39BrN2O5Si/c1-18-14-23-27(24(31)15-18)32(3)29(36)30(23)19(2)28(39(5,6)22-11-9-21(37-4)10-12-22)25(38-30)16-26(35)33-13-7-8-20(33)17-34/h9-12,14-15,19-20,25,28,34H,7-8,13,16-17H2,1-6H3/t19-,20+,25+,28-,30+/m1/s1. The number of fused-ring (bicyclic) bond motifs is 2. The highest BCUT2D eigenvalue weighted by Crippen LogP contribution is 2.60. The molecule has 0 aromatic heterocycles. The molecule has 39 heavy (non-hydrogen) atoms. The SMILES string of the molecule is COc1ccc([Si](C)(C)[C@H]2[C@H](CC(=O)N3CCC[C@H]3CO)O[C@@]3(C(=O)N(C)c4c(Br)cc(C)cc43)[C@@H]2C)cc1. The maximum absolute atomic E-state index is 14.2. The summed E-state index contributed by atoms with van der Waals surface area (Å²) in [5.41, 5.74) is 1.60. The second-order valence-corrected chi connectivity index (χ2v) is 17.5. The van der Waals surface area contributed by atoms with Crippen LogP contribution < -0.4 is 14.8 Å². The lowest BCUT2D eigenvalue weighted by molar-refractivity contribution is -0.149. The summed E-state index contributed by atoms with van der Waals surface area (Å²) in [4.78, 5) is 31.4. The summed E-state index contributed by atoms with van der Waals surface area (Å²) >= 11 is 3.70. The fourth-order valence-electron chi connectivity index (χ4n) is 7.49. The van der Waals surface area contributed by atoms with Crippen molar-refractivity contribution >= 4 is 46.7 Å². The van der Waals surface area contributed by atoms with Crippen molar-refractivity contribution in [1.29, 1.82) is 0 Å². The maximum Gasteiger partial charge on any atom is 0.264 e. The summed E-state index contributed by atoms with van der Waals surface area (Å²) in [6.07, 6.45) is 1.47. The number of likely N-dealkylation sites (N-methyl/N-ethyl adjacent to an activating group) is 1. The van der Waals surface area contributed by atoms with E-state index in [1.165, 1.54) is 5.19 Å². The van der Waals surface area contributed by atoms with Gasteiger partial charge in [0.1, 0.15) is 5.75 Å². The van der Waals surface area contributed by atoms with Gasteiger partial charge in [-0.15, -0.1) is 0 Å². The lowest BCUT2D eigenvalue weighted by atomic mass is 9.82. The molecular formula is C30H39BrN2O5Si. The summed E-state index contributed by atoms with van der Waals surface area (Å²) in [7, 11) is 1.15. The molecule has 7 nitrogen and oxygen atoms in total. The molecule has 1 spiro atoms. The number of carbonyl (C=O) groups excluding carboxylic acids is 2. The molecule has 2 fully saturated rings. The second-order valence-electron chi connectivity index (χ2n) is 11.9. The molecule has 5 atom stereocenters. The Balaban J connectivity index is 1.61. The molecule has 0 saturated carbocycles. The molecule has 3 aliphatic heterocycles. The molecule has 210 valence electrons. The van der Waals surface area contributed by atoms with E-state index < -0.39 is 19.8 Å². The van der Waals surface area contributed by atoms with Gasteiger partial charge in [-0.3, -0.25) is 9.59 Å². The van der Waals surface area contributed by atoms with Gasteiger partial charge in [0, 0.05) is 29.5 Å². The van der Waals surface area contributed by atoms with Crippen LogP contribution in [0.3, 0.4) is 0 Å². The van der Waals surface area contributed by atoms with Crippen LogP contribution in [0.15, 0.2) is 40.9 Å². The number of benzene rings is 2. The van der Waals surface area contributed by atoms with Crippen molar-refractivity contribution < 1.29 is 24.2 Å². The van der Waals surface area contributed by atoms with Crippen molar-refractivity contribution in [2.75, 3.05) is 32.2 Å². The lowest BCUT2D eigenvalue weighted by Crippen LogP contribution is -2.52. The molecule has 3 aliphatic rings. The van der Waals surface area contributed by atoms with E-state index in [0.29, 0.717) is 6.54 Å². The Labute approximate surface area is 240 Å². The number of ether oxygens (including phenoxy) is 2. The number of anilines is 1. The van der Waals surface area contributed by atoms with Crippen molar-refractivity contribution in [3.05, 3.63) is 52.0 Å². The van der Waals surface area contributed by atoms with E-state index in [9.17, 15) is 14.7 Å². The van der Waals surface area contributed by atoms with Crippen LogP contribution in [0.2, 0.25) is 18.6 Å². The number of likely N-dealkylation sites (tertiary alicyclic amines) is 1. The number of hydrogen-bond acceptors (Lipinski definition) is 5. The predicted octanol–water partition coefficient (Wildman–Crippen LogP) is 4.33. The highest BCUT2D eigenvalue weighted by molar-refractivity contribution is 9.10. The first-order valence-electron chi connectivity index (χ1n) is 13.8. The monoisotopic (exact) mass is 614 g/mol. The molecule has 0 bridgehead atoms. The van der Waals surface area contributed by atoms with Crippen molar-refractivity contribution in [1.82, 2.24) is 4.90 Å². The fourth-order valence-corrected chi connectivity index (χ4v) is 12.3. The number of rotatable bonds is 6.